The van der Waals surface area contributed by atoms with Crippen molar-refractivity contribution in [1.29, 1.82) is 0 Å². The highest BCUT2D eigenvalue weighted by Crippen LogP contribution is 2.24. The number of carbonyl (C=O) groups excluding carboxylic acids is 1. The monoisotopic (exact) mass is 319 g/mol. The number of aryl methyl sites for hydroxylation is 3. The van der Waals surface area contributed by atoms with Crippen LogP contribution in [-0.4, -0.2) is 18.9 Å². The number of benzene rings is 2. The molecular formula is C16H17NO4S. The van der Waals surface area contributed by atoms with Gasteiger partial charge >= 0.3 is 0 Å². The molecule has 0 aliphatic heterocycles. The zero-order chi connectivity index (χ0) is 16.5. The molecule has 0 fully saturated rings. The summed E-state index contributed by atoms with van der Waals surface area (Å²) in [5.74, 6) is -0.340. The van der Waals surface area contributed by atoms with Crippen molar-refractivity contribution in [3.05, 3.63) is 58.7 Å². The molecule has 2 N–H and O–H groups in total. The zero-order valence-electron chi connectivity index (χ0n) is 12.5. The number of rotatable bonds is 3. The van der Waals surface area contributed by atoms with Gasteiger partial charge < -0.3 is 5.32 Å². The summed E-state index contributed by atoms with van der Waals surface area (Å²) in [4.78, 5) is 12.0. The minimum atomic E-state index is -4.33. The van der Waals surface area contributed by atoms with Crippen LogP contribution in [0.3, 0.4) is 0 Å². The molecule has 6 heteroatoms. The fourth-order valence-corrected chi connectivity index (χ4v) is 2.88. The van der Waals surface area contributed by atoms with E-state index in [4.69, 9.17) is 0 Å². The van der Waals surface area contributed by atoms with Gasteiger partial charge in [0.05, 0.1) is 4.90 Å². The Morgan fingerprint density at radius 3 is 2.14 bits per heavy atom. The summed E-state index contributed by atoms with van der Waals surface area (Å²) in [6.45, 7) is 5.26. The van der Waals surface area contributed by atoms with Crippen LogP contribution < -0.4 is 5.32 Å². The summed E-state index contributed by atoms with van der Waals surface area (Å²) in [5.41, 5.74) is 3.00. The molecule has 0 aliphatic rings. The van der Waals surface area contributed by atoms with Gasteiger partial charge in [0, 0.05) is 11.3 Å². The highest BCUT2D eigenvalue weighted by molar-refractivity contribution is 7.85. The molecule has 0 saturated carbocycles. The van der Waals surface area contributed by atoms with Crippen molar-refractivity contribution in [2.24, 2.45) is 0 Å². The van der Waals surface area contributed by atoms with Crippen LogP contribution in [0.4, 0.5) is 5.69 Å². The van der Waals surface area contributed by atoms with Crippen molar-refractivity contribution in [2.45, 2.75) is 25.7 Å². The second-order valence-electron chi connectivity index (χ2n) is 5.23. The quantitative estimate of drug-likeness (QED) is 0.851. The average Bonchev–Trinajstić information content (AvgIpc) is 2.41. The maximum absolute atomic E-state index is 12.2. The lowest BCUT2D eigenvalue weighted by atomic mass is 10.1. The Kier molecular flexibility index (Phi) is 4.35. The van der Waals surface area contributed by atoms with E-state index in [1.807, 2.05) is 19.1 Å². The molecule has 0 heterocycles. The van der Waals surface area contributed by atoms with Gasteiger partial charge in [-0.25, -0.2) is 0 Å². The number of hydrogen-bond acceptors (Lipinski definition) is 3. The first kappa shape index (κ1) is 16.2. The third kappa shape index (κ3) is 3.52. The van der Waals surface area contributed by atoms with Crippen molar-refractivity contribution in [3.63, 3.8) is 0 Å². The fraction of sp³-hybridized carbons (Fsp3) is 0.188. The van der Waals surface area contributed by atoms with Crippen LogP contribution >= 0.6 is 0 Å². The van der Waals surface area contributed by atoms with Gasteiger partial charge in [-0.15, -0.1) is 0 Å². The number of carbonyl (C=O) groups is 1. The summed E-state index contributed by atoms with van der Waals surface area (Å²) in [5, 5.41) is 2.67. The lowest BCUT2D eigenvalue weighted by Gasteiger charge is -2.12. The molecule has 0 radical (unpaired) electrons. The van der Waals surface area contributed by atoms with Crippen molar-refractivity contribution in [3.8, 4) is 0 Å². The molecule has 2 aromatic rings. The van der Waals surface area contributed by atoms with E-state index in [9.17, 15) is 17.8 Å². The van der Waals surface area contributed by atoms with Gasteiger partial charge in [-0.2, -0.15) is 8.42 Å². The SMILES string of the molecule is Cc1ccc(C(=O)Nc2cc(S(=O)(=O)O)c(C)cc2C)cc1. The predicted octanol–water partition coefficient (Wildman–Crippen LogP) is 3.11. The van der Waals surface area contributed by atoms with Crippen LogP contribution in [0, 0.1) is 20.8 Å². The topological polar surface area (TPSA) is 83.5 Å². The molecule has 2 aromatic carbocycles. The Morgan fingerprint density at radius 2 is 1.59 bits per heavy atom. The predicted molar refractivity (Wildman–Crippen MR) is 84.9 cm³/mol. The Hall–Kier alpha value is -2.18. The number of anilines is 1. The first-order chi connectivity index (χ1) is 10.2. The number of hydrogen-bond donors (Lipinski definition) is 2. The molecule has 0 aliphatic carbocycles. The van der Waals surface area contributed by atoms with Crippen LogP contribution in [-0.2, 0) is 10.1 Å². The van der Waals surface area contributed by atoms with Crippen molar-refractivity contribution in [1.82, 2.24) is 0 Å². The number of amides is 1. The molecule has 0 saturated heterocycles. The summed E-state index contributed by atoms with van der Waals surface area (Å²) >= 11 is 0. The summed E-state index contributed by atoms with van der Waals surface area (Å²) in [6, 6.07) is 9.90. The van der Waals surface area contributed by atoms with Gasteiger partial charge in [-0.1, -0.05) is 23.8 Å². The van der Waals surface area contributed by atoms with E-state index in [1.54, 1.807) is 32.0 Å². The van der Waals surface area contributed by atoms with Crippen LogP contribution in [0.2, 0.25) is 0 Å². The molecule has 0 atom stereocenters. The molecule has 0 aromatic heterocycles. The molecule has 0 unspecified atom stereocenters. The van der Waals surface area contributed by atoms with Crippen molar-refractivity contribution in [2.75, 3.05) is 5.32 Å². The van der Waals surface area contributed by atoms with Crippen LogP contribution in [0.25, 0.3) is 0 Å². The molecule has 0 bridgehead atoms. The summed E-state index contributed by atoms with van der Waals surface area (Å²) < 4.78 is 31.9. The second-order valence-corrected chi connectivity index (χ2v) is 6.62. The van der Waals surface area contributed by atoms with Crippen molar-refractivity contribution >= 4 is 21.7 Å². The molecule has 1 amide bonds. The van der Waals surface area contributed by atoms with Gasteiger partial charge in [-0.05, 0) is 50.1 Å². The largest absolute Gasteiger partial charge is 0.322 e. The van der Waals surface area contributed by atoms with E-state index >= 15 is 0 Å². The maximum atomic E-state index is 12.2. The molecular weight excluding hydrogens is 302 g/mol. The Balaban J connectivity index is 2.37. The number of nitrogens with one attached hydrogen (secondary N) is 1. The third-order valence-electron chi connectivity index (χ3n) is 3.36. The van der Waals surface area contributed by atoms with E-state index in [2.05, 4.69) is 5.32 Å². The second kappa shape index (κ2) is 5.90. The van der Waals surface area contributed by atoms with Gasteiger partial charge in [0.25, 0.3) is 16.0 Å². The lowest BCUT2D eigenvalue weighted by molar-refractivity contribution is 0.102. The molecule has 5 nitrogen and oxygen atoms in total. The molecule has 0 spiro atoms. The fourth-order valence-electron chi connectivity index (χ4n) is 2.14. The van der Waals surface area contributed by atoms with E-state index in [1.165, 1.54) is 6.07 Å². The molecule has 2 rings (SSSR count). The first-order valence-corrected chi connectivity index (χ1v) is 8.09. The van der Waals surface area contributed by atoms with Gasteiger partial charge in [-0.3, -0.25) is 9.35 Å². The van der Waals surface area contributed by atoms with E-state index in [-0.39, 0.29) is 10.8 Å². The van der Waals surface area contributed by atoms with Crippen LogP contribution in [0.5, 0.6) is 0 Å². The van der Waals surface area contributed by atoms with Crippen LogP contribution in [0.15, 0.2) is 41.3 Å². The Bertz CT molecular complexity index is 824. The van der Waals surface area contributed by atoms with Gasteiger partial charge in [0.15, 0.2) is 0 Å². The van der Waals surface area contributed by atoms with Crippen LogP contribution in [0.1, 0.15) is 27.0 Å². The van der Waals surface area contributed by atoms with E-state index < -0.39 is 10.1 Å². The van der Waals surface area contributed by atoms with Crippen molar-refractivity contribution < 1.29 is 17.8 Å². The van der Waals surface area contributed by atoms with E-state index in [0.29, 0.717) is 22.4 Å². The Morgan fingerprint density at radius 1 is 1.00 bits per heavy atom. The maximum Gasteiger partial charge on any atom is 0.294 e. The van der Waals surface area contributed by atoms with Gasteiger partial charge in [0.2, 0.25) is 0 Å². The highest BCUT2D eigenvalue weighted by atomic mass is 32.2. The minimum absolute atomic E-state index is 0.211. The highest BCUT2D eigenvalue weighted by Gasteiger charge is 2.17. The Labute approximate surface area is 129 Å². The minimum Gasteiger partial charge on any atom is -0.322 e. The molecule has 22 heavy (non-hydrogen) atoms. The zero-order valence-corrected chi connectivity index (χ0v) is 13.4. The average molecular weight is 319 g/mol. The smallest absolute Gasteiger partial charge is 0.294 e. The summed E-state index contributed by atoms with van der Waals surface area (Å²) in [6.07, 6.45) is 0. The summed E-state index contributed by atoms with van der Waals surface area (Å²) in [7, 11) is -4.33. The third-order valence-corrected chi connectivity index (χ3v) is 4.36. The normalized spacial score (nSPS) is 11.3. The van der Waals surface area contributed by atoms with Gasteiger partial charge in [0.1, 0.15) is 0 Å². The first-order valence-electron chi connectivity index (χ1n) is 6.65. The molecule has 116 valence electrons. The lowest BCUT2D eigenvalue weighted by Crippen LogP contribution is -2.14. The van der Waals surface area contributed by atoms with E-state index in [0.717, 1.165) is 5.56 Å². The standard InChI is InChI=1S/C16H17NO4S/c1-10-4-6-13(7-5-10)16(18)17-14-9-15(22(19,20)21)12(3)8-11(14)2/h4-9H,1-3H3,(H,17,18)(H,19,20,21).